The third-order valence-electron chi connectivity index (χ3n) is 6.91. The molecule has 1 aliphatic rings. The average molecular weight is 511 g/mol. The van der Waals surface area contributed by atoms with Crippen LogP contribution in [0.3, 0.4) is 0 Å². The van der Waals surface area contributed by atoms with Crippen molar-refractivity contribution < 1.29 is 27.6 Å². The highest BCUT2D eigenvalue weighted by atomic mass is 16.5. The molecule has 0 saturated heterocycles. The fraction of sp³-hybridized carbons (Fsp3) is 0. The van der Waals surface area contributed by atoms with Gasteiger partial charge in [0, 0.05) is 29.0 Å². The van der Waals surface area contributed by atoms with Gasteiger partial charge in [-0.05, 0) is 36.4 Å². The first kappa shape index (κ1) is 21.5. The van der Waals surface area contributed by atoms with Crippen LogP contribution in [0.2, 0.25) is 0 Å². The lowest BCUT2D eigenvalue weighted by Crippen LogP contribution is -2.25. The summed E-state index contributed by atoms with van der Waals surface area (Å²) in [5.41, 5.74) is 3.47. The van der Waals surface area contributed by atoms with Gasteiger partial charge >= 0.3 is 5.97 Å². The average Bonchev–Trinajstić information content (AvgIpc) is 3.71. The monoisotopic (exact) mass is 511 g/mol. The van der Waals surface area contributed by atoms with Gasteiger partial charge in [0.2, 0.25) is 11.7 Å². The number of carbonyl (C=O) groups excluding carboxylic acids is 2. The molecule has 0 spiro atoms. The van der Waals surface area contributed by atoms with E-state index in [0.29, 0.717) is 45.3 Å². The summed E-state index contributed by atoms with van der Waals surface area (Å²) in [5.74, 6) is 0.775. The molecule has 0 bridgehead atoms. The summed E-state index contributed by atoms with van der Waals surface area (Å²) >= 11 is 0. The van der Waals surface area contributed by atoms with Crippen molar-refractivity contribution in [2.24, 2.45) is 0 Å². The Hall–Kier alpha value is -5.56. The predicted octanol–water partition coefficient (Wildman–Crippen LogP) is 7.57. The quantitative estimate of drug-likeness (QED) is 0.105. The Morgan fingerprint density at radius 3 is 2.10 bits per heavy atom. The van der Waals surface area contributed by atoms with Gasteiger partial charge < -0.3 is 18.0 Å². The molecule has 0 unspecified atom stereocenters. The van der Waals surface area contributed by atoms with E-state index >= 15 is 0 Å². The topological polar surface area (TPSA) is 87.7 Å². The number of hydrogen-bond acceptors (Lipinski definition) is 6. The maximum Gasteiger partial charge on any atom is 0.347 e. The fourth-order valence-corrected chi connectivity index (χ4v) is 5.07. The van der Waals surface area contributed by atoms with Crippen LogP contribution in [-0.4, -0.2) is 16.3 Å². The summed E-state index contributed by atoms with van der Waals surface area (Å²) in [6, 6.07) is 29.6. The zero-order valence-electron chi connectivity index (χ0n) is 20.2. The van der Waals surface area contributed by atoms with E-state index in [1.807, 2.05) is 71.3 Å². The molecule has 0 saturated carbocycles. The maximum atomic E-state index is 13.3. The molecule has 3 aromatic carbocycles. The molecule has 5 heterocycles. The van der Waals surface area contributed by atoms with Gasteiger partial charge in [0.15, 0.2) is 17.1 Å². The third kappa shape index (κ3) is 3.30. The Bertz CT molecular complexity index is 2080. The number of furan rings is 3. The molecule has 39 heavy (non-hydrogen) atoms. The molecule has 0 radical (unpaired) electrons. The number of nitrogens with zero attached hydrogens (tertiary/aromatic N) is 1. The fourth-order valence-electron chi connectivity index (χ4n) is 5.07. The summed E-state index contributed by atoms with van der Waals surface area (Å²) in [4.78, 5) is 26.1. The van der Waals surface area contributed by atoms with E-state index in [9.17, 15) is 9.59 Å². The lowest BCUT2D eigenvalue weighted by molar-refractivity contribution is -0.130. The predicted molar refractivity (Wildman–Crippen MR) is 145 cm³/mol. The summed E-state index contributed by atoms with van der Waals surface area (Å²) in [5, 5.41) is 1.88. The molecule has 0 fully saturated rings. The van der Waals surface area contributed by atoms with Gasteiger partial charge in [-0.2, -0.15) is 0 Å². The number of ether oxygens (including phenoxy) is 1. The second kappa shape index (κ2) is 7.97. The lowest BCUT2D eigenvalue weighted by Gasteiger charge is -2.16. The van der Waals surface area contributed by atoms with Crippen LogP contribution in [0.25, 0.3) is 56.5 Å². The molecule has 7 heteroatoms. The number of esters is 1. The Balaban J connectivity index is 1.33. The maximum absolute atomic E-state index is 13.3. The SMILES string of the molecule is O=C1Oc2ccccc2C(=O)/C1=C/c1cc2oc(-c3cc4ccccc4o3)cc2n1-c1cc2ccccc2o1. The minimum Gasteiger partial charge on any atom is -0.453 e. The molecule has 4 aromatic heterocycles. The molecule has 7 aromatic rings. The van der Waals surface area contributed by atoms with Crippen molar-refractivity contribution in [1.29, 1.82) is 0 Å². The first-order chi connectivity index (χ1) is 19.1. The van der Waals surface area contributed by atoms with E-state index in [1.54, 1.807) is 30.3 Å². The van der Waals surface area contributed by atoms with E-state index in [1.165, 1.54) is 6.08 Å². The van der Waals surface area contributed by atoms with Crippen LogP contribution < -0.4 is 4.74 Å². The van der Waals surface area contributed by atoms with E-state index in [2.05, 4.69) is 0 Å². The first-order valence-corrected chi connectivity index (χ1v) is 12.3. The number of benzene rings is 3. The van der Waals surface area contributed by atoms with E-state index < -0.39 is 11.8 Å². The number of rotatable bonds is 3. The van der Waals surface area contributed by atoms with Gasteiger partial charge in [-0.1, -0.05) is 48.5 Å². The smallest absolute Gasteiger partial charge is 0.347 e. The summed E-state index contributed by atoms with van der Waals surface area (Å²) in [6.07, 6.45) is 1.52. The third-order valence-corrected chi connectivity index (χ3v) is 6.91. The van der Waals surface area contributed by atoms with Crippen molar-refractivity contribution in [3.05, 3.63) is 114 Å². The number of fused-ring (bicyclic) bond motifs is 4. The van der Waals surface area contributed by atoms with E-state index in [0.717, 1.165) is 16.4 Å². The van der Waals surface area contributed by atoms with Crippen molar-refractivity contribution in [1.82, 2.24) is 4.57 Å². The second-order valence-corrected chi connectivity index (χ2v) is 9.31. The molecule has 1 aliphatic heterocycles. The minimum atomic E-state index is -0.712. The highest BCUT2D eigenvalue weighted by Crippen LogP contribution is 2.37. The molecule has 0 atom stereocenters. The number of hydrogen-bond donors (Lipinski definition) is 0. The van der Waals surface area contributed by atoms with Gasteiger partial charge in [-0.3, -0.25) is 9.36 Å². The summed E-state index contributed by atoms with van der Waals surface area (Å²) < 4.78 is 25.7. The highest BCUT2D eigenvalue weighted by molar-refractivity contribution is 6.30. The second-order valence-electron chi connectivity index (χ2n) is 9.31. The molecule has 0 aliphatic carbocycles. The van der Waals surface area contributed by atoms with Crippen LogP contribution >= 0.6 is 0 Å². The Morgan fingerprint density at radius 1 is 0.641 bits per heavy atom. The molecule has 0 N–H and O–H groups in total. The lowest BCUT2D eigenvalue weighted by atomic mass is 9.99. The number of para-hydroxylation sites is 3. The largest absolute Gasteiger partial charge is 0.453 e. The number of Topliss-reactive ketones (excluding diaryl/α,β-unsaturated/α-hetero) is 1. The molecule has 8 rings (SSSR count). The number of carbonyl (C=O) groups is 2. The van der Waals surface area contributed by atoms with Crippen LogP contribution in [0.1, 0.15) is 16.1 Å². The van der Waals surface area contributed by atoms with Crippen molar-refractivity contribution in [3.8, 4) is 23.2 Å². The summed E-state index contributed by atoms with van der Waals surface area (Å²) in [7, 11) is 0. The van der Waals surface area contributed by atoms with Gasteiger partial charge in [0.1, 0.15) is 22.5 Å². The van der Waals surface area contributed by atoms with Crippen LogP contribution in [0, 0.1) is 0 Å². The van der Waals surface area contributed by atoms with Crippen LogP contribution in [-0.2, 0) is 4.79 Å². The zero-order chi connectivity index (χ0) is 26.1. The Labute approximate surface area is 220 Å². The standard InChI is InChI=1S/C32H17NO6/c34-31-21-9-3-6-12-26(21)39-32(35)22(31)15-20-16-27-23(33(20)30-14-19-8-2-5-11-25(19)38-30)17-29(37-27)28-13-18-7-1-4-10-24(18)36-28/h1-17H/b22-15-. The van der Waals surface area contributed by atoms with Crippen molar-refractivity contribution in [2.45, 2.75) is 0 Å². The first-order valence-electron chi connectivity index (χ1n) is 12.3. The normalized spacial score (nSPS) is 14.5. The van der Waals surface area contributed by atoms with Gasteiger partial charge in [0.25, 0.3) is 0 Å². The van der Waals surface area contributed by atoms with E-state index in [4.69, 9.17) is 18.0 Å². The number of aromatic nitrogens is 1. The molecule has 7 nitrogen and oxygen atoms in total. The molecular weight excluding hydrogens is 494 g/mol. The number of ketones is 1. The van der Waals surface area contributed by atoms with Gasteiger partial charge in [-0.15, -0.1) is 0 Å². The van der Waals surface area contributed by atoms with Gasteiger partial charge in [0.05, 0.1) is 16.8 Å². The van der Waals surface area contributed by atoms with Crippen LogP contribution in [0.4, 0.5) is 0 Å². The van der Waals surface area contributed by atoms with Crippen LogP contribution in [0.15, 0.2) is 116 Å². The van der Waals surface area contributed by atoms with Crippen LogP contribution in [0.5, 0.6) is 5.75 Å². The molecule has 0 amide bonds. The van der Waals surface area contributed by atoms with Crippen molar-refractivity contribution >= 4 is 50.9 Å². The van der Waals surface area contributed by atoms with Gasteiger partial charge in [-0.25, -0.2) is 4.79 Å². The summed E-state index contributed by atoms with van der Waals surface area (Å²) in [6.45, 7) is 0. The van der Waals surface area contributed by atoms with E-state index in [-0.39, 0.29) is 11.3 Å². The Morgan fingerprint density at radius 2 is 1.31 bits per heavy atom. The highest BCUT2D eigenvalue weighted by Gasteiger charge is 2.31. The zero-order valence-corrected chi connectivity index (χ0v) is 20.2. The molecule has 186 valence electrons. The van der Waals surface area contributed by atoms with Crippen molar-refractivity contribution in [3.63, 3.8) is 0 Å². The molecular formula is C32H17NO6. The Kier molecular flexibility index (Phi) is 4.40. The van der Waals surface area contributed by atoms with Crippen molar-refractivity contribution in [2.75, 3.05) is 0 Å². The minimum absolute atomic E-state index is 0.0799.